The summed E-state index contributed by atoms with van der Waals surface area (Å²) in [6, 6.07) is 14.4. The van der Waals surface area contributed by atoms with Crippen molar-refractivity contribution in [2.24, 2.45) is 0 Å². The van der Waals surface area contributed by atoms with Gasteiger partial charge < -0.3 is 35.0 Å². The molecule has 0 radical (unpaired) electrons. The van der Waals surface area contributed by atoms with Gasteiger partial charge in [-0.1, -0.05) is 24.3 Å². The van der Waals surface area contributed by atoms with E-state index in [2.05, 4.69) is 38.3 Å². The highest BCUT2D eigenvalue weighted by molar-refractivity contribution is 7.10. The molecule has 0 aliphatic carbocycles. The Hall–Kier alpha value is -6.44. The second-order valence-corrected chi connectivity index (χ2v) is 19.8. The van der Waals surface area contributed by atoms with Crippen molar-refractivity contribution in [3.63, 3.8) is 0 Å². The number of nitrogens with zero attached hydrogens (tertiary/aromatic N) is 4. The molecule has 3 saturated heterocycles. The first-order chi connectivity index (χ1) is 32.8. The number of piperidine rings is 3. The molecule has 17 nitrogen and oxygen atoms in total. The minimum Gasteiger partial charge on any atom is -0.492 e. The normalized spacial score (nSPS) is 19.0. The molecule has 9 rings (SSSR count). The van der Waals surface area contributed by atoms with Gasteiger partial charge in [-0.2, -0.15) is 0 Å². The van der Waals surface area contributed by atoms with Gasteiger partial charge in [0.15, 0.2) is 0 Å². The Bertz CT molecular complexity index is 2600. The highest BCUT2D eigenvalue weighted by Crippen LogP contribution is 2.35. The van der Waals surface area contributed by atoms with Crippen LogP contribution in [0, 0.1) is 0 Å². The molecule has 4 N–H and O–H groups in total. The number of anilines is 1. The smallest absolute Gasteiger partial charge is 0.256 e. The van der Waals surface area contributed by atoms with E-state index in [-0.39, 0.29) is 54.7 Å². The van der Waals surface area contributed by atoms with Crippen molar-refractivity contribution in [3.05, 3.63) is 102 Å². The molecule has 5 aliphatic heterocycles. The van der Waals surface area contributed by atoms with Crippen molar-refractivity contribution in [1.29, 1.82) is 0 Å². The fourth-order valence-corrected chi connectivity index (χ4v) is 11.0. The molecule has 2 atom stereocenters. The Balaban J connectivity index is 0.000000184. The number of rotatable bonds is 15. The molecule has 3 fully saturated rings. The van der Waals surface area contributed by atoms with Gasteiger partial charge in [0.05, 0.1) is 37.1 Å². The van der Waals surface area contributed by atoms with E-state index in [0.717, 1.165) is 57.4 Å². The zero-order valence-corrected chi connectivity index (χ0v) is 39.9. The molecular formula is C49H56N8O9S2. The van der Waals surface area contributed by atoms with Crippen molar-refractivity contribution >= 4 is 75.6 Å². The van der Waals surface area contributed by atoms with Crippen LogP contribution in [0.4, 0.5) is 5.69 Å². The first-order valence-corrected chi connectivity index (χ1v) is 24.8. The quantitative estimate of drug-likeness (QED) is 0.127. The molecule has 0 saturated carbocycles. The van der Waals surface area contributed by atoms with Gasteiger partial charge in [-0.25, -0.2) is 0 Å². The Kier molecular flexibility index (Phi) is 15.3. The van der Waals surface area contributed by atoms with Crippen molar-refractivity contribution < 1.29 is 43.1 Å². The molecule has 4 aromatic rings. The van der Waals surface area contributed by atoms with E-state index in [9.17, 15) is 38.4 Å². The highest BCUT2D eigenvalue weighted by Gasteiger charge is 2.42. The predicted molar refractivity (Wildman–Crippen MR) is 255 cm³/mol. The van der Waals surface area contributed by atoms with E-state index in [0.29, 0.717) is 63.2 Å². The molecular weight excluding hydrogens is 909 g/mol. The topological polar surface area (TPSA) is 207 Å². The third-order valence-corrected chi connectivity index (χ3v) is 14.8. The van der Waals surface area contributed by atoms with E-state index in [4.69, 9.17) is 4.74 Å². The van der Waals surface area contributed by atoms with Gasteiger partial charge >= 0.3 is 0 Å². The monoisotopic (exact) mass is 964 g/mol. The number of carbonyl (C=O) groups is 8. The minimum absolute atomic E-state index is 0.0655. The van der Waals surface area contributed by atoms with Gasteiger partial charge in [-0.15, -0.1) is 22.7 Å². The lowest BCUT2D eigenvalue weighted by Crippen LogP contribution is -2.52. The number of thiophene rings is 2. The summed E-state index contributed by atoms with van der Waals surface area (Å²) in [6.07, 6.45) is 5.34. The van der Waals surface area contributed by atoms with Crippen LogP contribution in [0.15, 0.2) is 59.3 Å². The van der Waals surface area contributed by atoms with Crippen LogP contribution in [-0.4, -0.2) is 114 Å². The van der Waals surface area contributed by atoms with E-state index in [1.807, 2.05) is 55.4 Å². The molecule has 19 heteroatoms. The highest BCUT2D eigenvalue weighted by atomic mass is 32.1. The maximum atomic E-state index is 12.9. The summed E-state index contributed by atoms with van der Waals surface area (Å²) in [5.74, 6) is -1.31. The second-order valence-electron chi connectivity index (χ2n) is 17.8. The van der Waals surface area contributed by atoms with Crippen LogP contribution in [0.5, 0.6) is 5.75 Å². The number of benzene rings is 2. The van der Waals surface area contributed by atoms with Crippen LogP contribution in [0.3, 0.4) is 0 Å². The summed E-state index contributed by atoms with van der Waals surface area (Å²) in [7, 11) is 3.96. The zero-order valence-electron chi connectivity index (χ0n) is 38.2. The number of amides is 8. The maximum absolute atomic E-state index is 12.9. The van der Waals surface area contributed by atoms with Crippen LogP contribution in [0.25, 0.3) is 0 Å². The summed E-state index contributed by atoms with van der Waals surface area (Å²) in [6.45, 7) is 4.80. The SMILES string of the molecule is CN(C)CCOc1cccc(CC(=O)NCc2scc3c2CN(C2CCC(=O)NC2=O)C3=O)c1.O=C(Cc1cccc(N2CCCCC2)c1)NCc1scc2c1CN(C1CCC(=O)NC1=O)C2=O. The largest absolute Gasteiger partial charge is 0.492 e. The first kappa shape index (κ1) is 48.0. The lowest BCUT2D eigenvalue weighted by Gasteiger charge is -2.29. The van der Waals surface area contributed by atoms with Gasteiger partial charge in [0.1, 0.15) is 24.4 Å². The molecule has 358 valence electrons. The lowest BCUT2D eigenvalue weighted by molar-refractivity contribution is -0.138. The zero-order chi connectivity index (χ0) is 47.9. The molecule has 0 bridgehead atoms. The molecule has 0 spiro atoms. The Morgan fingerprint density at radius 1 is 0.706 bits per heavy atom. The molecule has 2 unspecified atom stereocenters. The van der Waals surface area contributed by atoms with Gasteiger partial charge in [-0.05, 0) is 92.7 Å². The van der Waals surface area contributed by atoms with Crippen molar-refractivity contribution in [3.8, 4) is 5.75 Å². The predicted octanol–water partition coefficient (Wildman–Crippen LogP) is 3.67. The van der Waals surface area contributed by atoms with E-state index >= 15 is 0 Å². The average molecular weight is 965 g/mol. The Morgan fingerprint density at radius 3 is 1.74 bits per heavy atom. The number of fused-ring (bicyclic) bond motifs is 2. The standard InChI is InChI=1S/C25H28N4O4S.C24H28N4O5S/c30-22-8-7-20(24(32)27-22)29-14-18-19(25(29)33)15-34-21(18)13-26-23(31)12-16-5-4-6-17(11-16)28-9-2-1-3-10-28;1-27(2)8-9-33-16-5-3-4-15(10-16)11-22(30)25-12-20-17-13-28(24(32)18(17)14-34-20)19-6-7-21(29)26-23(19)31/h4-6,11,15,20H,1-3,7-10,12-14H2,(H,26,31)(H,27,30,32);3-5,10,14,19H,6-9,11-13H2,1-2H3,(H,25,30)(H,26,29,31). The maximum Gasteiger partial charge on any atom is 0.256 e. The van der Waals surface area contributed by atoms with Crippen LogP contribution in [0.1, 0.15) is 97.7 Å². The third kappa shape index (κ3) is 11.4. The summed E-state index contributed by atoms with van der Waals surface area (Å²) in [5, 5.41) is 14.1. The van der Waals surface area contributed by atoms with Gasteiger partial charge in [-0.3, -0.25) is 49.0 Å². The molecule has 7 heterocycles. The second kappa shape index (κ2) is 21.7. The molecule has 5 aliphatic rings. The number of carbonyl (C=O) groups excluding carboxylic acids is 8. The average Bonchev–Trinajstić information content (AvgIpc) is 4.08. The molecule has 2 aromatic carbocycles. The molecule has 2 aromatic heterocycles. The van der Waals surface area contributed by atoms with E-state index < -0.39 is 23.9 Å². The van der Waals surface area contributed by atoms with Gasteiger partial charge in [0.25, 0.3) is 11.8 Å². The first-order valence-electron chi connectivity index (χ1n) is 23.0. The summed E-state index contributed by atoms with van der Waals surface area (Å²) in [4.78, 5) is 107. The molecule has 8 amide bonds. The lowest BCUT2D eigenvalue weighted by atomic mass is 10.0. The molecule has 68 heavy (non-hydrogen) atoms. The van der Waals surface area contributed by atoms with E-state index in [1.54, 1.807) is 10.8 Å². The van der Waals surface area contributed by atoms with Crippen LogP contribution in [-0.2, 0) is 67.8 Å². The van der Waals surface area contributed by atoms with Crippen LogP contribution in [0.2, 0.25) is 0 Å². The van der Waals surface area contributed by atoms with Crippen molar-refractivity contribution in [2.75, 3.05) is 45.2 Å². The summed E-state index contributed by atoms with van der Waals surface area (Å²) >= 11 is 2.88. The summed E-state index contributed by atoms with van der Waals surface area (Å²) in [5.41, 5.74) is 5.89. The fourth-order valence-electron chi connectivity index (χ4n) is 9.06. The Labute approximate surface area is 402 Å². The van der Waals surface area contributed by atoms with Crippen molar-refractivity contribution in [1.82, 2.24) is 36.0 Å². The van der Waals surface area contributed by atoms with E-state index in [1.165, 1.54) is 57.4 Å². The minimum atomic E-state index is -0.641. The van der Waals surface area contributed by atoms with Gasteiger partial charge in [0, 0.05) is 71.8 Å². The summed E-state index contributed by atoms with van der Waals surface area (Å²) < 4.78 is 5.74. The number of ether oxygens (including phenoxy) is 1. The number of hydrogen-bond acceptors (Lipinski definition) is 13. The van der Waals surface area contributed by atoms with Crippen LogP contribution >= 0.6 is 22.7 Å². The van der Waals surface area contributed by atoms with Crippen LogP contribution < -0.4 is 30.9 Å². The third-order valence-electron chi connectivity index (χ3n) is 12.7. The fraction of sp³-hybridized carbons (Fsp3) is 0.429. The number of nitrogens with one attached hydrogen (secondary N) is 4. The van der Waals surface area contributed by atoms with Crippen molar-refractivity contribution in [2.45, 2.75) is 96.1 Å². The van der Waals surface area contributed by atoms with Gasteiger partial charge in [0.2, 0.25) is 35.4 Å². The number of likely N-dealkylation sites (N-methyl/N-ethyl adjacent to an activating group) is 1. The number of hydrogen-bond donors (Lipinski definition) is 4. The number of imide groups is 2. The Morgan fingerprint density at radius 2 is 1.22 bits per heavy atom.